The van der Waals surface area contributed by atoms with E-state index in [-0.39, 0.29) is 5.91 Å². The molecule has 108 valence electrons. The number of hydrogen-bond acceptors (Lipinski definition) is 3. The highest BCUT2D eigenvalue weighted by atomic mass is 79.9. The summed E-state index contributed by atoms with van der Waals surface area (Å²) in [5, 5.41) is 11.9. The zero-order valence-corrected chi connectivity index (χ0v) is 13.0. The summed E-state index contributed by atoms with van der Waals surface area (Å²) in [6, 6.07) is 5.25. The molecule has 1 amide bonds. The van der Waals surface area contributed by atoms with Gasteiger partial charge in [-0.25, -0.2) is 0 Å². The van der Waals surface area contributed by atoms with E-state index in [0.29, 0.717) is 11.4 Å². The number of aliphatic carboxylic acids is 1. The van der Waals surface area contributed by atoms with Crippen LogP contribution in [0.25, 0.3) is 0 Å². The lowest BCUT2D eigenvalue weighted by Crippen LogP contribution is -2.18. The van der Waals surface area contributed by atoms with Gasteiger partial charge in [-0.3, -0.25) is 9.59 Å². The third-order valence-corrected chi connectivity index (χ3v) is 4.29. The lowest BCUT2D eigenvalue weighted by atomic mass is 10.1. The quantitative estimate of drug-likeness (QED) is 0.882. The first kappa shape index (κ1) is 14.8. The largest absolute Gasteiger partial charge is 0.495 e. The maximum absolute atomic E-state index is 12.2. The summed E-state index contributed by atoms with van der Waals surface area (Å²) in [5.41, 5.74) is 0.00790. The Kier molecular flexibility index (Phi) is 3.77. The molecule has 1 fully saturated rings. The van der Waals surface area contributed by atoms with Gasteiger partial charge >= 0.3 is 5.97 Å². The zero-order chi connectivity index (χ0) is 15.1. The van der Waals surface area contributed by atoms with Crippen LogP contribution in [0.5, 0.6) is 5.75 Å². The zero-order valence-electron chi connectivity index (χ0n) is 11.4. The molecule has 2 N–H and O–H groups in total. The molecule has 2 atom stereocenters. The Labute approximate surface area is 125 Å². The van der Waals surface area contributed by atoms with Crippen LogP contribution in [0.15, 0.2) is 22.7 Å². The van der Waals surface area contributed by atoms with Crippen molar-refractivity contribution in [3.63, 3.8) is 0 Å². The molecular formula is C14H16BrNO4. The molecule has 0 radical (unpaired) electrons. The smallest absolute Gasteiger partial charge is 0.307 e. The van der Waals surface area contributed by atoms with Crippen LogP contribution in [0.3, 0.4) is 0 Å². The van der Waals surface area contributed by atoms with Crippen LogP contribution in [-0.4, -0.2) is 24.1 Å². The number of ether oxygens (including phenoxy) is 1. The summed E-state index contributed by atoms with van der Waals surface area (Å²) < 4.78 is 5.98. The van der Waals surface area contributed by atoms with E-state index in [2.05, 4.69) is 21.2 Å². The van der Waals surface area contributed by atoms with Gasteiger partial charge in [-0.15, -0.1) is 0 Å². The number of halogens is 1. The predicted molar refractivity (Wildman–Crippen MR) is 77.7 cm³/mol. The molecule has 6 heteroatoms. The summed E-state index contributed by atoms with van der Waals surface area (Å²) >= 11 is 3.32. The number of benzene rings is 1. The van der Waals surface area contributed by atoms with Crippen molar-refractivity contribution < 1.29 is 19.4 Å². The van der Waals surface area contributed by atoms with Crippen LogP contribution >= 0.6 is 15.9 Å². The number of carbonyl (C=O) groups excluding carboxylic acids is 1. The highest BCUT2D eigenvalue weighted by Gasteiger charge is 2.65. The molecule has 0 saturated heterocycles. The number of carboxylic acid groups (broad SMARTS) is 1. The topological polar surface area (TPSA) is 75.6 Å². The molecule has 1 aliphatic carbocycles. The SMILES string of the molecule is COc1ccc(Br)cc1NC(=O)[C@H]1[C@@H](C(=O)O)C1(C)C. The number of nitrogens with one attached hydrogen (secondary N) is 1. The van der Waals surface area contributed by atoms with E-state index in [1.54, 1.807) is 32.0 Å². The lowest BCUT2D eigenvalue weighted by molar-refractivity contribution is -0.140. The van der Waals surface area contributed by atoms with Crippen LogP contribution < -0.4 is 10.1 Å². The van der Waals surface area contributed by atoms with Gasteiger partial charge in [0, 0.05) is 4.47 Å². The highest BCUT2D eigenvalue weighted by molar-refractivity contribution is 9.10. The van der Waals surface area contributed by atoms with Crippen molar-refractivity contribution in [3.8, 4) is 5.75 Å². The van der Waals surface area contributed by atoms with Gasteiger partial charge in [-0.2, -0.15) is 0 Å². The van der Waals surface area contributed by atoms with Crippen molar-refractivity contribution in [3.05, 3.63) is 22.7 Å². The summed E-state index contributed by atoms with van der Waals surface area (Å²) in [7, 11) is 1.51. The molecule has 1 aromatic rings. The highest BCUT2D eigenvalue weighted by Crippen LogP contribution is 2.58. The molecule has 1 saturated carbocycles. The minimum absolute atomic E-state index is 0.293. The standard InChI is InChI=1S/C14H16BrNO4/c1-14(2)10(11(14)13(18)19)12(17)16-8-6-7(15)4-5-9(8)20-3/h4-6,10-11H,1-3H3,(H,16,17)(H,18,19)/t10-,11+/m1/s1. The van der Waals surface area contributed by atoms with Gasteiger partial charge < -0.3 is 15.2 Å². The second-order valence-corrected chi connectivity index (χ2v) is 6.36. The minimum atomic E-state index is -0.934. The van der Waals surface area contributed by atoms with Crippen molar-refractivity contribution in [2.45, 2.75) is 13.8 Å². The molecule has 1 aromatic carbocycles. The van der Waals surface area contributed by atoms with Gasteiger partial charge in [0.15, 0.2) is 0 Å². The maximum atomic E-state index is 12.2. The molecule has 0 bridgehead atoms. The molecule has 0 heterocycles. The first-order valence-corrected chi connectivity index (χ1v) is 6.95. The first-order valence-electron chi connectivity index (χ1n) is 6.16. The average molecular weight is 342 g/mol. The number of amides is 1. The number of anilines is 1. The number of hydrogen-bond donors (Lipinski definition) is 2. The second-order valence-electron chi connectivity index (χ2n) is 5.45. The summed E-state index contributed by atoms with van der Waals surface area (Å²) in [6.45, 7) is 3.57. The summed E-state index contributed by atoms with van der Waals surface area (Å²) in [6.07, 6.45) is 0. The van der Waals surface area contributed by atoms with Crippen LogP contribution in [0.4, 0.5) is 5.69 Å². The van der Waals surface area contributed by atoms with E-state index in [1.165, 1.54) is 7.11 Å². The maximum Gasteiger partial charge on any atom is 0.307 e. The molecule has 0 aliphatic heterocycles. The molecule has 0 spiro atoms. The van der Waals surface area contributed by atoms with Gasteiger partial charge in [0.1, 0.15) is 5.75 Å². The van der Waals surface area contributed by atoms with E-state index in [0.717, 1.165) is 4.47 Å². The average Bonchev–Trinajstić information content (AvgIpc) is 2.93. The molecule has 5 nitrogen and oxygen atoms in total. The third-order valence-electron chi connectivity index (χ3n) is 3.80. The Bertz CT molecular complexity index is 570. The fraction of sp³-hybridized carbons (Fsp3) is 0.429. The number of rotatable bonds is 4. The molecular weight excluding hydrogens is 326 g/mol. The fourth-order valence-corrected chi connectivity index (χ4v) is 2.94. The Morgan fingerprint density at radius 2 is 2.00 bits per heavy atom. The summed E-state index contributed by atoms with van der Waals surface area (Å²) in [5.74, 6) is -1.86. The second kappa shape index (κ2) is 5.09. The van der Waals surface area contributed by atoms with E-state index in [1.807, 2.05) is 0 Å². The molecule has 1 aliphatic rings. The normalized spacial score (nSPS) is 23.0. The van der Waals surface area contributed by atoms with Gasteiger partial charge in [0.25, 0.3) is 0 Å². The van der Waals surface area contributed by atoms with Crippen molar-refractivity contribution in [1.29, 1.82) is 0 Å². The monoisotopic (exact) mass is 341 g/mol. The Hall–Kier alpha value is -1.56. The van der Waals surface area contributed by atoms with Crippen LogP contribution in [0, 0.1) is 17.3 Å². The lowest BCUT2D eigenvalue weighted by Gasteiger charge is -2.11. The molecule has 0 unspecified atom stereocenters. The van der Waals surface area contributed by atoms with Gasteiger partial charge in [0.2, 0.25) is 5.91 Å². The summed E-state index contributed by atoms with van der Waals surface area (Å²) in [4.78, 5) is 23.3. The first-order chi connectivity index (χ1) is 9.28. The van der Waals surface area contributed by atoms with Crippen LogP contribution in [-0.2, 0) is 9.59 Å². The fourth-order valence-electron chi connectivity index (χ4n) is 2.58. The van der Waals surface area contributed by atoms with Crippen molar-refractivity contribution in [1.82, 2.24) is 0 Å². The van der Waals surface area contributed by atoms with Gasteiger partial charge in [-0.1, -0.05) is 29.8 Å². The predicted octanol–water partition coefficient (Wildman–Crippen LogP) is 2.75. The van der Waals surface area contributed by atoms with Gasteiger partial charge in [-0.05, 0) is 23.6 Å². The molecule has 2 rings (SSSR count). The Morgan fingerprint density at radius 3 is 2.50 bits per heavy atom. The van der Waals surface area contributed by atoms with E-state index < -0.39 is 23.2 Å². The van der Waals surface area contributed by atoms with E-state index in [4.69, 9.17) is 9.84 Å². The minimum Gasteiger partial charge on any atom is -0.495 e. The van der Waals surface area contributed by atoms with E-state index in [9.17, 15) is 9.59 Å². The van der Waals surface area contributed by atoms with Crippen LogP contribution in [0.2, 0.25) is 0 Å². The number of carboxylic acids is 1. The Balaban J connectivity index is 2.18. The van der Waals surface area contributed by atoms with Gasteiger partial charge in [0.05, 0.1) is 24.6 Å². The number of carbonyl (C=O) groups is 2. The van der Waals surface area contributed by atoms with Crippen molar-refractivity contribution in [2.75, 3.05) is 12.4 Å². The van der Waals surface area contributed by atoms with E-state index >= 15 is 0 Å². The number of methoxy groups -OCH3 is 1. The van der Waals surface area contributed by atoms with Crippen molar-refractivity contribution in [2.24, 2.45) is 17.3 Å². The van der Waals surface area contributed by atoms with Crippen LogP contribution in [0.1, 0.15) is 13.8 Å². The van der Waals surface area contributed by atoms with Crippen molar-refractivity contribution >= 4 is 33.5 Å². The molecule has 20 heavy (non-hydrogen) atoms. The Morgan fingerprint density at radius 1 is 1.35 bits per heavy atom. The third kappa shape index (κ3) is 2.52. The molecule has 0 aromatic heterocycles.